The number of urea groups is 1. The van der Waals surface area contributed by atoms with Crippen LogP contribution in [0.2, 0.25) is 0 Å². The second-order valence-corrected chi connectivity index (χ2v) is 6.61. The molecule has 2 aromatic rings. The van der Waals surface area contributed by atoms with E-state index in [0.717, 1.165) is 43.9 Å². The van der Waals surface area contributed by atoms with E-state index in [9.17, 15) is 4.79 Å². The predicted molar refractivity (Wildman–Crippen MR) is 98.9 cm³/mol. The molecule has 0 bridgehead atoms. The van der Waals surface area contributed by atoms with Gasteiger partial charge in [0, 0.05) is 32.4 Å². The molecule has 1 saturated heterocycles. The Kier molecular flexibility index (Phi) is 6.40. The molecule has 1 fully saturated rings. The summed E-state index contributed by atoms with van der Waals surface area (Å²) in [5.41, 5.74) is 2.22. The molecule has 1 aromatic carbocycles. The van der Waals surface area contributed by atoms with Crippen molar-refractivity contribution in [3.05, 3.63) is 66.0 Å². The van der Waals surface area contributed by atoms with Crippen molar-refractivity contribution < 1.29 is 4.79 Å². The minimum absolute atomic E-state index is 0.0919. The van der Waals surface area contributed by atoms with E-state index in [1.54, 1.807) is 0 Å². The number of carbonyl (C=O) groups excluding carboxylic acids is 1. The number of piperidine rings is 1. The molecule has 0 aliphatic carbocycles. The van der Waals surface area contributed by atoms with E-state index in [-0.39, 0.29) is 6.03 Å². The molecule has 0 spiro atoms. The molecule has 3 rings (SSSR count). The van der Waals surface area contributed by atoms with Gasteiger partial charge in [0.15, 0.2) is 0 Å². The quantitative estimate of drug-likeness (QED) is 0.851. The molecular weight excluding hydrogens is 312 g/mol. The van der Waals surface area contributed by atoms with Crippen molar-refractivity contribution in [2.75, 3.05) is 19.6 Å². The van der Waals surface area contributed by atoms with Crippen LogP contribution in [-0.2, 0) is 13.1 Å². The smallest absolute Gasteiger partial charge is 0.315 e. The zero-order valence-electron chi connectivity index (χ0n) is 14.5. The topological polar surface area (TPSA) is 57.3 Å². The third-order valence-corrected chi connectivity index (χ3v) is 4.56. The number of rotatable bonds is 6. The number of hydrogen-bond donors (Lipinski definition) is 2. The Hall–Kier alpha value is -2.40. The standard InChI is InChI=1S/C20H26N4O/c25-20(22-13-17-7-2-1-3-8-17)23-14-18-9-6-12-24(15-18)16-19-10-4-5-11-21-19/h1-5,7-8,10-11,18H,6,9,12-16H2,(H2,22,23,25)/t18-/m1/s1. The molecule has 1 aliphatic rings. The van der Waals surface area contributed by atoms with Crippen molar-refractivity contribution >= 4 is 6.03 Å². The van der Waals surface area contributed by atoms with Crippen molar-refractivity contribution in [1.29, 1.82) is 0 Å². The molecule has 1 atom stereocenters. The first-order valence-electron chi connectivity index (χ1n) is 8.97. The maximum atomic E-state index is 12.0. The van der Waals surface area contributed by atoms with E-state index in [4.69, 9.17) is 0 Å². The van der Waals surface area contributed by atoms with E-state index in [2.05, 4.69) is 26.6 Å². The summed E-state index contributed by atoms with van der Waals surface area (Å²) in [7, 11) is 0. The number of aromatic nitrogens is 1. The molecule has 5 nitrogen and oxygen atoms in total. The van der Waals surface area contributed by atoms with Crippen molar-refractivity contribution in [2.24, 2.45) is 5.92 Å². The van der Waals surface area contributed by atoms with Crippen LogP contribution >= 0.6 is 0 Å². The Morgan fingerprint density at radius 1 is 1.12 bits per heavy atom. The first kappa shape index (κ1) is 17.4. The van der Waals surface area contributed by atoms with Crippen molar-refractivity contribution in [3.63, 3.8) is 0 Å². The lowest BCUT2D eigenvalue weighted by Crippen LogP contribution is -2.43. The molecule has 2 heterocycles. The molecule has 0 unspecified atom stereocenters. The lowest BCUT2D eigenvalue weighted by Gasteiger charge is -2.32. The fourth-order valence-electron chi connectivity index (χ4n) is 3.26. The van der Waals surface area contributed by atoms with E-state index in [0.29, 0.717) is 12.5 Å². The van der Waals surface area contributed by atoms with Gasteiger partial charge in [0.1, 0.15) is 0 Å². The van der Waals surface area contributed by atoms with E-state index in [1.165, 1.54) is 6.42 Å². The maximum absolute atomic E-state index is 12.0. The Morgan fingerprint density at radius 3 is 2.76 bits per heavy atom. The number of nitrogens with one attached hydrogen (secondary N) is 2. The Balaban J connectivity index is 1.38. The largest absolute Gasteiger partial charge is 0.338 e. The van der Waals surface area contributed by atoms with Gasteiger partial charge < -0.3 is 10.6 Å². The number of carbonyl (C=O) groups is 1. The second-order valence-electron chi connectivity index (χ2n) is 6.61. The molecular formula is C20H26N4O. The van der Waals surface area contributed by atoms with E-state index in [1.807, 2.05) is 48.7 Å². The highest BCUT2D eigenvalue weighted by atomic mass is 16.2. The summed E-state index contributed by atoms with van der Waals surface area (Å²) in [6, 6.07) is 15.9. The molecule has 2 amide bonds. The van der Waals surface area contributed by atoms with Gasteiger partial charge in [-0.2, -0.15) is 0 Å². The zero-order chi connectivity index (χ0) is 17.3. The van der Waals surface area contributed by atoms with Gasteiger partial charge in [-0.3, -0.25) is 9.88 Å². The fourth-order valence-corrected chi connectivity index (χ4v) is 3.26. The molecule has 1 aromatic heterocycles. The van der Waals surface area contributed by atoms with Gasteiger partial charge in [-0.25, -0.2) is 4.79 Å². The maximum Gasteiger partial charge on any atom is 0.315 e. The lowest BCUT2D eigenvalue weighted by molar-refractivity contribution is 0.163. The molecule has 2 N–H and O–H groups in total. The van der Waals surface area contributed by atoms with Gasteiger partial charge in [-0.05, 0) is 43.0 Å². The van der Waals surface area contributed by atoms with Crippen LogP contribution in [0.25, 0.3) is 0 Å². The summed E-state index contributed by atoms with van der Waals surface area (Å²) >= 11 is 0. The first-order valence-corrected chi connectivity index (χ1v) is 8.97. The molecule has 132 valence electrons. The molecule has 0 radical (unpaired) electrons. The number of benzene rings is 1. The van der Waals surface area contributed by atoms with Crippen LogP contribution in [0, 0.1) is 5.92 Å². The van der Waals surface area contributed by atoms with Gasteiger partial charge >= 0.3 is 6.03 Å². The summed E-state index contributed by atoms with van der Waals surface area (Å²) < 4.78 is 0. The van der Waals surface area contributed by atoms with Gasteiger partial charge in [0.05, 0.1) is 5.69 Å². The Labute approximate surface area is 149 Å². The van der Waals surface area contributed by atoms with Gasteiger partial charge in [-0.15, -0.1) is 0 Å². The van der Waals surface area contributed by atoms with Crippen LogP contribution in [0.3, 0.4) is 0 Å². The summed E-state index contributed by atoms with van der Waals surface area (Å²) in [5.74, 6) is 0.500. The van der Waals surface area contributed by atoms with E-state index >= 15 is 0 Å². The van der Waals surface area contributed by atoms with Crippen LogP contribution < -0.4 is 10.6 Å². The summed E-state index contributed by atoms with van der Waals surface area (Å²) in [6.45, 7) is 4.28. The number of pyridine rings is 1. The third-order valence-electron chi connectivity index (χ3n) is 4.56. The van der Waals surface area contributed by atoms with Crippen molar-refractivity contribution in [2.45, 2.75) is 25.9 Å². The highest BCUT2D eigenvalue weighted by molar-refractivity contribution is 5.73. The minimum Gasteiger partial charge on any atom is -0.338 e. The monoisotopic (exact) mass is 338 g/mol. The van der Waals surface area contributed by atoms with Gasteiger partial charge in [0.2, 0.25) is 0 Å². The first-order chi connectivity index (χ1) is 12.3. The lowest BCUT2D eigenvalue weighted by atomic mass is 9.98. The molecule has 0 saturated carbocycles. The van der Waals surface area contributed by atoms with Crippen molar-refractivity contribution in [3.8, 4) is 0 Å². The van der Waals surface area contributed by atoms with Crippen LogP contribution in [-0.4, -0.2) is 35.5 Å². The van der Waals surface area contributed by atoms with Crippen molar-refractivity contribution in [1.82, 2.24) is 20.5 Å². The highest BCUT2D eigenvalue weighted by Crippen LogP contribution is 2.17. The zero-order valence-corrected chi connectivity index (χ0v) is 14.5. The van der Waals surface area contributed by atoms with Gasteiger partial charge in [-0.1, -0.05) is 36.4 Å². The number of amides is 2. The van der Waals surface area contributed by atoms with Gasteiger partial charge in [0.25, 0.3) is 0 Å². The Bertz CT molecular complexity index is 647. The average molecular weight is 338 g/mol. The van der Waals surface area contributed by atoms with Crippen LogP contribution in [0.1, 0.15) is 24.1 Å². The number of hydrogen-bond acceptors (Lipinski definition) is 3. The van der Waals surface area contributed by atoms with Crippen LogP contribution in [0.5, 0.6) is 0 Å². The molecule has 25 heavy (non-hydrogen) atoms. The number of likely N-dealkylation sites (tertiary alicyclic amines) is 1. The van der Waals surface area contributed by atoms with Crippen LogP contribution in [0.15, 0.2) is 54.7 Å². The Morgan fingerprint density at radius 2 is 1.96 bits per heavy atom. The number of nitrogens with zero attached hydrogens (tertiary/aromatic N) is 2. The van der Waals surface area contributed by atoms with Crippen LogP contribution in [0.4, 0.5) is 4.79 Å². The summed E-state index contributed by atoms with van der Waals surface area (Å²) in [4.78, 5) is 18.8. The van der Waals surface area contributed by atoms with E-state index < -0.39 is 0 Å². The minimum atomic E-state index is -0.0919. The second kappa shape index (κ2) is 9.18. The SMILES string of the molecule is O=C(NCc1ccccc1)NC[C@H]1CCCN(Cc2ccccn2)C1. The average Bonchev–Trinajstić information content (AvgIpc) is 2.67. The molecule has 1 aliphatic heterocycles. The normalized spacial score (nSPS) is 17.8. The fraction of sp³-hybridized carbons (Fsp3) is 0.400. The third kappa shape index (κ3) is 5.87. The highest BCUT2D eigenvalue weighted by Gasteiger charge is 2.20. The molecule has 5 heteroatoms. The summed E-state index contributed by atoms with van der Waals surface area (Å²) in [6.07, 6.45) is 4.18. The predicted octanol–water partition coefficient (Wildman–Crippen LogP) is 2.79. The summed E-state index contributed by atoms with van der Waals surface area (Å²) in [5, 5.41) is 5.93.